The van der Waals surface area contributed by atoms with E-state index in [2.05, 4.69) is 44.8 Å². The van der Waals surface area contributed by atoms with E-state index >= 15 is 0 Å². The molecule has 2 heterocycles. The van der Waals surface area contributed by atoms with Crippen LogP contribution < -0.4 is 24.6 Å². The fraction of sp³-hybridized carbons (Fsp3) is 0.538. The van der Waals surface area contributed by atoms with Crippen molar-refractivity contribution >= 4 is 17.4 Å². The molecule has 2 N–H and O–H groups in total. The highest BCUT2D eigenvalue weighted by molar-refractivity contribution is 5.96. The molecule has 9 nitrogen and oxygen atoms in total. The van der Waals surface area contributed by atoms with Gasteiger partial charge in [-0.3, -0.25) is 10.5 Å². The van der Waals surface area contributed by atoms with Gasteiger partial charge >= 0.3 is 5.95 Å². The van der Waals surface area contributed by atoms with Crippen molar-refractivity contribution < 1.29 is 23.7 Å². The molecule has 0 spiro atoms. The van der Waals surface area contributed by atoms with Crippen LogP contribution in [0.1, 0.15) is 77.2 Å². The summed E-state index contributed by atoms with van der Waals surface area (Å²) < 4.78 is 20.6. The van der Waals surface area contributed by atoms with Gasteiger partial charge in [0.25, 0.3) is 5.65 Å². The maximum absolute atomic E-state index is 13.4. The number of rotatable bonds is 11. The molecule has 0 unspecified atom stereocenters. The molecule has 190 valence electrons. The van der Waals surface area contributed by atoms with Crippen molar-refractivity contribution in [3.63, 3.8) is 0 Å². The molecule has 9 heteroatoms. The van der Waals surface area contributed by atoms with Crippen LogP contribution in [0, 0.1) is 0 Å². The molecule has 0 aliphatic rings. The first kappa shape index (κ1) is 26.2. The predicted octanol–water partition coefficient (Wildman–Crippen LogP) is 4.14. The molecule has 0 atom stereocenters. The number of carbonyl (C=O) groups excluding carboxylic acids is 1. The molecule has 35 heavy (non-hydrogen) atoms. The summed E-state index contributed by atoms with van der Waals surface area (Å²) in [6, 6.07) is 7.16. The van der Waals surface area contributed by atoms with Gasteiger partial charge in [0.05, 0.1) is 13.2 Å². The summed E-state index contributed by atoms with van der Waals surface area (Å²) in [6.07, 6.45) is 1.84. The molecule has 0 saturated heterocycles. The molecule has 1 aromatic carbocycles. The van der Waals surface area contributed by atoms with Gasteiger partial charge in [0.15, 0.2) is 23.8 Å². The second kappa shape index (κ2) is 10.9. The fourth-order valence-corrected chi connectivity index (χ4v) is 3.84. The zero-order valence-electron chi connectivity index (χ0n) is 21.9. The SMILES string of the molecule is CCOc1cc(C(=O)C[n+]2nc3ccc(OC(CC)CC)nn3c2N)cc(C(C)(C)C)c1OCC. The predicted molar refractivity (Wildman–Crippen MR) is 134 cm³/mol. The number of benzene rings is 1. The Morgan fingerprint density at radius 3 is 2.37 bits per heavy atom. The highest BCUT2D eigenvalue weighted by atomic mass is 16.5. The summed E-state index contributed by atoms with van der Waals surface area (Å²) in [7, 11) is 0. The number of nitrogens with two attached hydrogens (primary N) is 1. The molecule has 0 aliphatic carbocycles. The maximum atomic E-state index is 13.4. The van der Waals surface area contributed by atoms with Crippen LogP contribution in [0.25, 0.3) is 5.65 Å². The number of carbonyl (C=O) groups is 1. The fourth-order valence-electron chi connectivity index (χ4n) is 3.84. The molecule has 0 bridgehead atoms. The van der Waals surface area contributed by atoms with E-state index in [9.17, 15) is 4.79 Å². The Hall–Kier alpha value is -3.36. The molecule has 0 aliphatic heterocycles. The first-order chi connectivity index (χ1) is 16.6. The molecule has 0 radical (unpaired) electrons. The van der Waals surface area contributed by atoms with E-state index in [1.54, 1.807) is 18.2 Å². The minimum Gasteiger partial charge on any atom is -0.490 e. The molecule has 3 aromatic rings. The summed E-state index contributed by atoms with van der Waals surface area (Å²) in [5.41, 5.74) is 8.02. The van der Waals surface area contributed by atoms with Gasteiger partial charge in [0.1, 0.15) is 6.10 Å². The number of fused-ring (bicyclic) bond motifs is 1. The second-order valence-electron chi connectivity index (χ2n) is 9.40. The van der Waals surface area contributed by atoms with Gasteiger partial charge in [-0.15, -0.1) is 4.68 Å². The van der Waals surface area contributed by atoms with Crippen molar-refractivity contribution in [1.29, 1.82) is 0 Å². The maximum Gasteiger partial charge on any atom is 0.401 e. The lowest BCUT2D eigenvalue weighted by Gasteiger charge is -2.25. The average Bonchev–Trinajstić information content (AvgIpc) is 3.12. The highest BCUT2D eigenvalue weighted by Crippen LogP contribution is 2.40. The van der Waals surface area contributed by atoms with Crippen molar-refractivity contribution in [3.8, 4) is 17.4 Å². The zero-order valence-corrected chi connectivity index (χ0v) is 21.9. The van der Waals surface area contributed by atoms with Crippen LogP contribution in [-0.4, -0.2) is 39.8 Å². The molecular weight excluding hydrogens is 446 g/mol. The number of aromatic nitrogens is 4. The van der Waals surface area contributed by atoms with Gasteiger partial charge in [0.2, 0.25) is 5.88 Å². The minimum absolute atomic E-state index is 0.0406. The quantitative estimate of drug-likeness (QED) is 0.322. The van der Waals surface area contributed by atoms with Crippen LogP contribution in [0.4, 0.5) is 5.95 Å². The van der Waals surface area contributed by atoms with Gasteiger partial charge < -0.3 is 14.2 Å². The molecule has 0 amide bonds. The highest BCUT2D eigenvalue weighted by Gasteiger charge is 2.27. The summed E-state index contributed by atoms with van der Waals surface area (Å²) >= 11 is 0. The van der Waals surface area contributed by atoms with Crippen LogP contribution in [0.2, 0.25) is 0 Å². The van der Waals surface area contributed by atoms with E-state index in [0.29, 0.717) is 41.8 Å². The van der Waals surface area contributed by atoms with Gasteiger partial charge in [-0.25, -0.2) is 0 Å². The Balaban J connectivity index is 1.96. The third-order valence-electron chi connectivity index (χ3n) is 5.76. The number of ether oxygens (including phenoxy) is 3. The third kappa shape index (κ3) is 5.83. The average molecular weight is 485 g/mol. The van der Waals surface area contributed by atoms with Gasteiger partial charge in [-0.2, -0.15) is 0 Å². The Labute approximate surface area is 207 Å². The summed E-state index contributed by atoms with van der Waals surface area (Å²) in [5, 5.41) is 8.94. The van der Waals surface area contributed by atoms with Crippen molar-refractivity contribution in [2.75, 3.05) is 18.9 Å². The topological polar surface area (TPSA) is 105 Å². The smallest absolute Gasteiger partial charge is 0.401 e. The van der Waals surface area contributed by atoms with Gasteiger partial charge in [-0.1, -0.05) is 49.3 Å². The number of Topliss-reactive ketones (excluding diaryl/α,β-unsaturated/α-hetero) is 1. The minimum atomic E-state index is -0.253. The largest absolute Gasteiger partial charge is 0.490 e. The van der Waals surface area contributed by atoms with Crippen molar-refractivity contribution in [1.82, 2.24) is 14.7 Å². The molecule has 3 rings (SSSR count). The zero-order chi connectivity index (χ0) is 25.8. The van der Waals surface area contributed by atoms with Crippen LogP contribution in [-0.2, 0) is 12.0 Å². The van der Waals surface area contributed by atoms with Crippen molar-refractivity contribution in [2.45, 2.75) is 79.4 Å². The van der Waals surface area contributed by atoms with E-state index in [0.717, 1.165) is 18.4 Å². The lowest BCUT2D eigenvalue weighted by molar-refractivity contribution is -0.723. The Bertz CT molecular complexity index is 1180. The Kier molecular flexibility index (Phi) is 8.19. The molecule has 0 fully saturated rings. The lowest BCUT2D eigenvalue weighted by atomic mass is 9.84. The number of nitrogens with zero attached hydrogens (tertiary/aromatic N) is 4. The monoisotopic (exact) mass is 484 g/mol. The van der Waals surface area contributed by atoms with E-state index in [4.69, 9.17) is 19.9 Å². The molecule has 2 aromatic heterocycles. The van der Waals surface area contributed by atoms with Gasteiger partial charge in [0, 0.05) is 23.3 Å². The first-order valence-corrected chi connectivity index (χ1v) is 12.3. The normalized spacial score (nSPS) is 11.8. The lowest BCUT2D eigenvalue weighted by Crippen LogP contribution is -2.42. The van der Waals surface area contributed by atoms with Crippen LogP contribution in [0.3, 0.4) is 0 Å². The third-order valence-corrected chi connectivity index (χ3v) is 5.76. The number of hydrogen-bond donors (Lipinski definition) is 1. The number of ketones is 1. The Morgan fingerprint density at radius 2 is 1.77 bits per heavy atom. The second-order valence-corrected chi connectivity index (χ2v) is 9.40. The first-order valence-electron chi connectivity index (χ1n) is 12.3. The summed E-state index contributed by atoms with van der Waals surface area (Å²) in [4.78, 5) is 13.4. The van der Waals surface area contributed by atoms with Crippen LogP contribution >= 0.6 is 0 Å². The van der Waals surface area contributed by atoms with E-state index < -0.39 is 0 Å². The van der Waals surface area contributed by atoms with Crippen LogP contribution in [0.5, 0.6) is 17.4 Å². The standard InChI is InChI=1S/C26H37N5O4/c1-8-18(9-2)35-23-13-12-22-28-30(25(27)31(22)29-23)16-20(32)17-14-19(26(5,6)7)24(34-11-4)21(15-17)33-10-3/h12-15,18,27H,8-11,16H2,1-7H3/p+1. The van der Waals surface area contributed by atoms with E-state index in [1.165, 1.54) is 9.20 Å². The molecule has 0 saturated carbocycles. The van der Waals surface area contributed by atoms with E-state index in [-0.39, 0.29) is 29.8 Å². The Morgan fingerprint density at radius 1 is 1.09 bits per heavy atom. The number of nitrogen functional groups attached to an aromatic ring is 1. The van der Waals surface area contributed by atoms with Crippen LogP contribution in [0.15, 0.2) is 24.3 Å². The van der Waals surface area contributed by atoms with Crippen molar-refractivity contribution in [3.05, 3.63) is 35.4 Å². The summed E-state index contributed by atoms with van der Waals surface area (Å²) in [5.74, 6) is 1.80. The molecular formula is C26H38N5O4+. The number of hydrogen-bond acceptors (Lipinski definition) is 7. The number of anilines is 1. The van der Waals surface area contributed by atoms with Gasteiger partial charge in [-0.05, 0) is 44.2 Å². The van der Waals surface area contributed by atoms with E-state index in [1.807, 2.05) is 19.9 Å². The summed E-state index contributed by atoms with van der Waals surface area (Å²) in [6.45, 7) is 15.1. The van der Waals surface area contributed by atoms with Crippen molar-refractivity contribution in [2.24, 2.45) is 0 Å².